The molecule has 2 aliphatic heterocycles. The molecule has 1 N–H and O–H groups in total. The van der Waals surface area contributed by atoms with Gasteiger partial charge >= 0.3 is 0 Å². The lowest BCUT2D eigenvalue weighted by atomic mass is 10.1. The molecular formula is C22H20FN5O4S. The molecule has 5 rings (SSSR count). The Morgan fingerprint density at radius 2 is 2.03 bits per heavy atom. The van der Waals surface area contributed by atoms with Crippen LogP contribution in [0.1, 0.15) is 28.0 Å². The summed E-state index contributed by atoms with van der Waals surface area (Å²) in [6.45, 7) is 6.86. The molecule has 2 aliphatic rings. The summed E-state index contributed by atoms with van der Waals surface area (Å²) in [6, 6.07) is 6.06. The molecule has 1 atom stereocenters. The first kappa shape index (κ1) is 21.1. The number of rotatable bonds is 4. The summed E-state index contributed by atoms with van der Waals surface area (Å²) < 4.78 is 20.2. The molecule has 1 aromatic carbocycles. The van der Waals surface area contributed by atoms with Crippen molar-refractivity contribution in [3.8, 4) is 16.3 Å². The lowest BCUT2D eigenvalue weighted by Gasteiger charge is -2.48. The van der Waals surface area contributed by atoms with E-state index in [4.69, 9.17) is 4.74 Å². The highest BCUT2D eigenvalue weighted by molar-refractivity contribution is 7.14. The molecule has 11 heteroatoms. The van der Waals surface area contributed by atoms with E-state index in [-0.39, 0.29) is 17.1 Å². The van der Waals surface area contributed by atoms with Gasteiger partial charge in [0.2, 0.25) is 5.43 Å². The monoisotopic (exact) mass is 469 g/mol. The molecule has 0 bridgehead atoms. The SMILES string of the molecule is C=C1OCCN2[C@@H]1N(CC)C(=O)c1c(O)c(=O)c(-c3nnc(Cc4ccc(F)cc4)s3)cn12. The standard InChI is InChI=1S/C22H20FN5O4S/c1-3-26-21-12(2)32-9-8-27(21)28-11-15(18(29)19(30)17(28)22(26)31)20-25-24-16(33-20)10-13-4-6-14(23)7-5-13/h4-7,11,21,30H,2-3,8-10H2,1H3/t21-/m0/s1. The van der Waals surface area contributed by atoms with Crippen LogP contribution < -0.4 is 10.4 Å². The largest absolute Gasteiger partial charge is 0.502 e. The number of hydrogen-bond acceptors (Lipinski definition) is 8. The van der Waals surface area contributed by atoms with Gasteiger partial charge in [-0.15, -0.1) is 10.2 Å². The van der Waals surface area contributed by atoms with Gasteiger partial charge in [0.05, 0.1) is 12.1 Å². The maximum absolute atomic E-state index is 13.2. The quantitative estimate of drug-likeness (QED) is 0.624. The zero-order chi connectivity index (χ0) is 23.3. The predicted molar refractivity (Wildman–Crippen MR) is 119 cm³/mol. The molecule has 0 saturated carbocycles. The number of benzene rings is 1. The van der Waals surface area contributed by atoms with Gasteiger partial charge in [-0.25, -0.2) is 4.39 Å². The minimum Gasteiger partial charge on any atom is -0.502 e. The zero-order valence-electron chi connectivity index (χ0n) is 17.7. The van der Waals surface area contributed by atoms with E-state index in [1.54, 1.807) is 19.1 Å². The van der Waals surface area contributed by atoms with Crippen molar-refractivity contribution in [1.29, 1.82) is 0 Å². The molecule has 3 aromatic rings. The van der Waals surface area contributed by atoms with Crippen molar-refractivity contribution in [2.45, 2.75) is 19.5 Å². The molecule has 33 heavy (non-hydrogen) atoms. The van der Waals surface area contributed by atoms with Crippen LogP contribution >= 0.6 is 11.3 Å². The van der Waals surface area contributed by atoms with Crippen LogP contribution in [0.2, 0.25) is 0 Å². The Labute approximate surface area is 191 Å². The number of morpholine rings is 1. The van der Waals surface area contributed by atoms with Crippen LogP contribution in [0.3, 0.4) is 0 Å². The Bertz CT molecular complexity index is 1320. The van der Waals surface area contributed by atoms with Gasteiger partial charge in [0.1, 0.15) is 23.2 Å². The number of fused-ring (bicyclic) bond motifs is 3. The zero-order valence-corrected chi connectivity index (χ0v) is 18.5. The number of aromatic hydroxyl groups is 1. The second kappa shape index (κ2) is 8.00. The topological polar surface area (TPSA) is 101 Å². The number of amides is 1. The van der Waals surface area contributed by atoms with Crippen LogP contribution in [0.5, 0.6) is 5.75 Å². The number of aromatic nitrogens is 3. The summed E-state index contributed by atoms with van der Waals surface area (Å²) in [6.07, 6.45) is 1.38. The molecule has 2 aromatic heterocycles. The third-order valence-corrected chi connectivity index (χ3v) is 6.64. The molecule has 170 valence electrons. The predicted octanol–water partition coefficient (Wildman–Crippen LogP) is 2.09. The number of pyridine rings is 1. The summed E-state index contributed by atoms with van der Waals surface area (Å²) in [5, 5.41) is 21.8. The molecule has 0 unspecified atom stereocenters. The summed E-state index contributed by atoms with van der Waals surface area (Å²) in [5.74, 6) is -1.03. The van der Waals surface area contributed by atoms with Crippen LogP contribution in [0.25, 0.3) is 10.6 Å². The van der Waals surface area contributed by atoms with Gasteiger partial charge < -0.3 is 14.7 Å². The fourth-order valence-electron chi connectivity index (χ4n) is 4.11. The highest BCUT2D eigenvalue weighted by Gasteiger charge is 2.43. The Balaban J connectivity index is 1.57. The fourth-order valence-corrected chi connectivity index (χ4v) is 4.99. The molecule has 9 nitrogen and oxygen atoms in total. The van der Waals surface area contributed by atoms with Crippen LogP contribution in [0.4, 0.5) is 4.39 Å². The number of hydrogen-bond donors (Lipinski definition) is 1. The van der Waals surface area contributed by atoms with Crippen LogP contribution in [-0.4, -0.2) is 56.6 Å². The highest BCUT2D eigenvalue weighted by atomic mass is 32.1. The van der Waals surface area contributed by atoms with E-state index >= 15 is 0 Å². The Morgan fingerprint density at radius 1 is 1.27 bits per heavy atom. The molecular weight excluding hydrogens is 449 g/mol. The Hall–Kier alpha value is -3.73. The van der Waals surface area contributed by atoms with Crippen molar-refractivity contribution in [2.75, 3.05) is 24.7 Å². The minimum absolute atomic E-state index is 0.104. The molecule has 0 radical (unpaired) electrons. The average molecular weight is 469 g/mol. The van der Waals surface area contributed by atoms with Crippen molar-refractivity contribution >= 4 is 17.2 Å². The number of carbonyl (C=O) groups excluding carboxylic acids is 1. The number of halogens is 1. The average Bonchev–Trinajstić information content (AvgIpc) is 3.26. The van der Waals surface area contributed by atoms with Crippen LogP contribution in [-0.2, 0) is 11.2 Å². The summed E-state index contributed by atoms with van der Waals surface area (Å²) in [7, 11) is 0. The van der Waals surface area contributed by atoms with Gasteiger partial charge in [0.25, 0.3) is 5.91 Å². The summed E-state index contributed by atoms with van der Waals surface area (Å²) in [4.78, 5) is 27.6. The third-order valence-electron chi connectivity index (χ3n) is 5.68. The number of nitrogens with zero attached hydrogens (tertiary/aromatic N) is 5. The van der Waals surface area contributed by atoms with E-state index in [0.717, 1.165) is 5.56 Å². The molecule has 4 heterocycles. The van der Waals surface area contributed by atoms with E-state index in [1.165, 1.54) is 39.2 Å². The molecule has 0 aliphatic carbocycles. The van der Waals surface area contributed by atoms with Crippen molar-refractivity contribution < 1.29 is 19.0 Å². The maximum Gasteiger partial charge on any atom is 0.278 e. The van der Waals surface area contributed by atoms with E-state index in [1.807, 2.05) is 5.01 Å². The molecule has 1 fully saturated rings. The van der Waals surface area contributed by atoms with Crippen LogP contribution in [0, 0.1) is 5.82 Å². The lowest BCUT2D eigenvalue weighted by Crippen LogP contribution is -2.64. The van der Waals surface area contributed by atoms with E-state index in [2.05, 4.69) is 16.8 Å². The summed E-state index contributed by atoms with van der Waals surface area (Å²) in [5.41, 5.74) is 0.185. The van der Waals surface area contributed by atoms with Crippen molar-refractivity contribution in [3.63, 3.8) is 0 Å². The first-order chi connectivity index (χ1) is 15.9. The number of carbonyl (C=O) groups is 1. The lowest BCUT2D eigenvalue weighted by molar-refractivity contribution is 0.0390. The number of likely N-dealkylation sites (N-methyl/N-ethyl adjacent to an activating group) is 1. The second-order valence-electron chi connectivity index (χ2n) is 7.66. The highest BCUT2D eigenvalue weighted by Crippen LogP contribution is 2.32. The normalized spacial score (nSPS) is 17.6. The minimum atomic E-state index is -0.694. The molecule has 1 amide bonds. The van der Waals surface area contributed by atoms with E-state index in [0.29, 0.717) is 41.9 Å². The van der Waals surface area contributed by atoms with E-state index in [9.17, 15) is 19.1 Å². The van der Waals surface area contributed by atoms with Gasteiger partial charge in [0, 0.05) is 19.2 Å². The van der Waals surface area contributed by atoms with Gasteiger partial charge in [0.15, 0.2) is 22.6 Å². The van der Waals surface area contributed by atoms with Gasteiger partial charge in [-0.2, -0.15) is 0 Å². The Morgan fingerprint density at radius 3 is 2.76 bits per heavy atom. The van der Waals surface area contributed by atoms with Crippen molar-refractivity contribution in [1.82, 2.24) is 19.8 Å². The fraction of sp³-hybridized carbons (Fsp3) is 0.273. The number of ether oxygens (including phenoxy) is 1. The first-order valence-electron chi connectivity index (χ1n) is 10.3. The molecule has 1 saturated heterocycles. The second-order valence-corrected chi connectivity index (χ2v) is 8.72. The van der Waals surface area contributed by atoms with Gasteiger partial charge in [-0.3, -0.25) is 19.3 Å². The third kappa shape index (κ3) is 3.44. The van der Waals surface area contributed by atoms with Crippen LogP contribution in [0.15, 0.2) is 47.6 Å². The van der Waals surface area contributed by atoms with Crippen molar-refractivity contribution in [2.24, 2.45) is 0 Å². The van der Waals surface area contributed by atoms with Gasteiger partial charge in [-0.05, 0) is 24.6 Å². The maximum atomic E-state index is 13.2. The Kier molecular flexibility index (Phi) is 5.12. The summed E-state index contributed by atoms with van der Waals surface area (Å²) >= 11 is 1.20. The smallest absolute Gasteiger partial charge is 0.278 e. The van der Waals surface area contributed by atoms with Crippen molar-refractivity contribution in [3.05, 3.63) is 75.1 Å². The van der Waals surface area contributed by atoms with E-state index < -0.39 is 23.3 Å². The first-order valence-corrected chi connectivity index (χ1v) is 11.2. The van der Waals surface area contributed by atoms with Gasteiger partial charge in [-0.1, -0.05) is 30.0 Å². The molecule has 0 spiro atoms.